The van der Waals surface area contributed by atoms with Crippen molar-refractivity contribution in [3.8, 4) is 11.4 Å². The minimum atomic E-state index is -0.00286. The van der Waals surface area contributed by atoms with Crippen LogP contribution in [-0.4, -0.2) is 27.1 Å². The van der Waals surface area contributed by atoms with Crippen LogP contribution in [0.5, 0.6) is 0 Å². The topological polar surface area (TPSA) is 42.7 Å². The summed E-state index contributed by atoms with van der Waals surface area (Å²) >= 11 is 14.9. The van der Waals surface area contributed by atoms with Gasteiger partial charge in [-0.1, -0.05) is 35.3 Å². The maximum Gasteiger partial charge on any atom is 0.129 e. The fourth-order valence-corrected chi connectivity index (χ4v) is 5.12. The molecule has 0 amide bonds. The van der Waals surface area contributed by atoms with Crippen molar-refractivity contribution in [2.24, 2.45) is 7.05 Å². The van der Waals surface area contributed by atoms with Crippen molar-refractivity contribution in [1.29, 1.82) is 0 Å². The van der Waals surface area contributed by atoms with E-state index in [0.29, 0.717) is 10.0 Å². The number of thioether (sulfide) groups is 1. The molecule has 1 N–H and O–H groups in total. The lowest BCUT2D eigenvalue weighted by Gasteiger charge is -2.19. The molecule has 0 fully saturated rings. The Hall–Kier alpha value is -1.69. The Bertz CT molecular complexity index is 891. The second kappa shape index (κ2) is 6.90. The molecule has 128 valence electrons. The van der Waals surface area contributed by atoms with Gasteiger partial charge in [0.2, 0.25) is 0 Å². The van der Waals surface area contributed by atoms with Crippen molar-refractivity contribution in [3.63, 3.8) is 0 Å². The Morgan fingerprint density at radius 2 is 1.92 bits per heavy atom. The van der Waals surface area contributed by atoms with E-state index in [4.69, 9.17) is 28.3 Å². The smallest absolute Gasteiger partial charge is 0.129 e. The zero-order chi connectivity index (χ0) is 17.4. The number of nitrogens with one attached hydrogen (secondary N) is 1. The normalized spacial score (nSPS) is 16.8. The highest BCUT2D eigenvalue weighted by atomic mass is 35.5. The molecule has 3 heterocycles. The fraction of sp³-hybridized carbons (Fsp3) is 0.222. The molecule has 1 unspecified atom stereocenters. The lowest BCUT2D eigenvalue weighted by molar-refractivity contribution is 0.773. The lowest BCUT2D eigenvalue weighted by atomic mass is 10.0. The summed E-state index contributed by atoms with van der Waals surface area (Å²) in [5.74, 6) is 1.94. The van der Waals surface area contributed by atoms with E-state index in [1.807, 2.05) is 59.9 Å². The zero-order valence-electron chi connectivity index (χ0n) is 13.5. The Morgan fingerprint density at radius 1 is 1.12 bits per heavy atom. The van der Waals surface area contributed by atoms with Gasteiger partial charge in [-0.15, -0.1) is 11.8 Å². The first-order chi connectivity index (χ1) is 12.2. The quantitative estimate of drug-likeness (QED) is 0.665. The third-order valence-electron chi connectivity index (χ3n) is 4.19. The number of rotatable bonds is 2. The molecule has 1 aromatic carbocycles. The number of aryl methyl sites for hydroxylation is 1. The molecule has 0 bridgehead atoms. The van der Waals surface area contributed by atoms with E-state index >= 15 is 0 Å². The number of benzene rings is 1. The number of hydrogen-bond acceptors (Lipinski definition) is 4. The van der Waals surface area contributed by atoms with Crippen molar-refractivity contribution in [2.45, 2.75) is 5.25 Å². The molecule has 2 aromatic heterocycles. The lowest BCUT2D eigenvalue weighted by Crippen LogP contribution is -2.06. The summed E-state index contributed by atoms with van der Waals surface area (Å²) in [6.07, 6.45) is 1.78. The fourth-order valence-electron chi connectivity index (χ4n) is 3.11. The van der Waals surface area contributed by atoms with Crippen LogP contribution in [0.25, 0.3) is 11.4 Å². The van der Waals surface area contributed by atoms with Gasteiger partial charge < -0.3 is 5.32 Å². The summed E-state index contributed by atoms with van der Waals surface area (Å²) in [6.45, 7) is 0.859. The van der Waals surface area contributed by atoms with Gasteiger partial charge in [0.15, 0.2) is 0 Å². The van der Waals surface area contributed by atoms with E-state index in [1.54, 1.807) is 6.20 Å². The third-order valence-corrected chi connectivity index (χ3v) is 6.10. The second-order valence-electron chi connectivity index (χ2n) is 5.76. The molecular formula is C18H16Cl2N4S. The van der Waals surface area contributed by atoms with Crippen LogP contribution in [0, 0.1) is 0 Å². The number of hydrogen-bond donors (Lipinski definition) is 1. The van der Waals surface area contributed by atoms with Gasteiger partial charge in [-0.05, 0) is 24.3 Å². The van der Waals surface area contributed by atoms with Crippen LogP contribution in [0.4, 0.5) is 5.82 Å². The summed E-state index contributed by atoms with van der Waals surface area (Å²) in [6, 6.07) is 11.5. The SMILES string of the molecule is Cn1nc(-c2ccccn2)c2c1NCCSC2c1c(Cl)cccc1Cl. The van der Waals surface area contributed by atoms with Gasteiger partial charge in [0.05, 0.1) is 10.9 Å². The number of aromatic nitrogens is 3. The molecule has 0 saturated heterocycles. The summed E-state index contributed by atoms with van der Waals surface area (Å²) < 4.78 is 1.88. The first-order valence-electron chi connectivity index (χ1n) is 7.94. The summed E-state index contributed by atoms with van der Waals surface area (Å²) in [7, 11) is 1.94. The van der Waals surface area contributed by atoms with Crippen LogP contribution < -0.4 is 5.32 Å². The molecular weight excluding hydrogens is 375 g/mol. The van der Waals surface area contributed by atoms with Crippen molar-refractivity contribution in [2.75, 3.05) is 17.6 Å². The van der Waals surface area contributed by atoms with Crippen LogP contribution in [-0.2, 0) is 7.05 Å². The highest BCUT2D eigenvalue weighted by molar-refractivity contribution is 7.99. The molecule has 1 atom stereocenters. The van der Waals surface area contributed by atoms with Crippen LogP contribution in [0.15, 0.2) is 42.6 Å². The van der Waals surface area contributed by atoms with Gasteiger partial charge >= 0.3 is 0 Å². The standard InChI is InChI=1S/C18H16Cl2N4S/c1-24-18-15(16(23-24)13-7-2-3-8-21-13)17(25-10-9-22-18)14-11(19)5-4-6-12(14)20/h2-8,17,22H,9-10H2,1H3. The van der Waals surface area contributed by atoms with Crippen molar-refractivity contribution < 1.29 is 0 Å². The molecule has 3 aromatic rings. The average Bonchev–Trinajstić information content (AvgIpc) is 2.79. The molecule has 25 heavy (non-hydrogen) atoms. The number of nitrogens with zero attached hydrogens (tertiary/aromatic N) is 3. The van der Waals surface area contributed by atoms with Crippen LogP contribution in [0.1, 0.15) is 16.4 Å². The van der Waals surface area contributed by atoms with Crippen LogP contribution in [0.3, 0.4) is 0 Å². The van der Waals surface area contributed by atoms with Gasteiger partial charge in [-0.2, -0.15) is 5.10 Å². The summed E-state index contributed by atoms with van der Waals surface area (Å²) in [5, 5.41) is 9.57. The van der Waals surface area contributed by atoms with E-state index in [9.17, 15) is 0 Å². The predicted octanol–water partition coefficient (Wildman–Crippen LogP) is 5.04. The average molecular weight is 391 g/mol. The minimum Gasteiger partial charge on any atom is -0.369 e. The third kappa shape index (κ3) is 3.01. The maximum absolute atomic E-state index is 6.53. The Labute approximate surface area is 160 Å². The van der Waals surface area contributed by atoms with Crippen molar-refractivity contribution in [1.82, 2.24) is 14.8 Å². The molecule has 1 aliphatic heterocycles. The molecule has 0 aliphatic carbocycles. The first kappa shape index (κ1) is 16.8. The van der Waals surface area contributed by atoms with E-state index in [2.05, 4.69) is 10.3 Å². The van der Waals surface area contributed by atoms with Crippen molar-refractivity contribution >= 4 is 40.8 Å². The highest BCUT2D eigenvalue weighted by Gasteiger charge is 2.31. The molecule has 0 saturated carbocycles. The van der Waals surface area contributed by atoms with Crippen molar-refractivity contribution in [3.05, 3.63) is 63.8 Å². The minimum absolute atomic E-state index is 0.00286. The number of fused-ring (bicyclic) bond motifs is 1. The Kier molecular flexibility index (Phi) is 4.63. The molecule has 4 nitrogen and oxygen atoms in total. The van der Waals surface area contributed by atoms with Gasteiger partial charge in [-0.25, -0.2) is 0 Å². The second-order valence-corrected chi connectivity index (χ2v) is 7.79. The van der Waals surface area contributed by atoms with Crippen LogP contribution in [0.2, 0.25) is 10.0 Å². The van der Waals surface area contributed by atoms with E-state index < -0.39 is 0 Å². The number of pyridine rings is 1. The molecule has 0 radical (unpaired) electrons. The summed E-state index contributed by atoms with van der Waals surface area (Å²) in [4.78, 5) is 4.50. The molecule has 1 aliphatic rings. The zero-order valence-corrected chi connectivity index (χ0v) is 15.9. The van der Waals surface area contributed by atoms with Gasteiger partial charge in [0.1, 0.15) is 11.5 Å². The predicted molar refractivity (Wildman–Crippen MR) is 106 cm³/mol. The molecule has 0 spiro atoms. The van der Waals surface area contributed by atoms with Crippen LogP contribution >= 0.6 is 35.0 Å². The summed E-state index contributed by atoms with van der Waals surface area (Å²) in [5.41, 5.74) is 3.72. The highest BCUT2D eigenvalue weighted by Crippen LogP contribution is 2.49. The van der Waals surface area contributed by atoms with E-state index in [-0.39, 0.29) is 5.25 Å². The maximum atomic E-state index is 6.53. The molecule has 7 heteroatoms. The Balaban J connectivity index is 1.96. The number of anilines is 1. The van der Waals surface area contributed by atoms with E-state index in [0.717, 1.165) is 40.6 Å². The largest absolute Gasteiger partial charge is 0.369 e. The first-order valence-corrected chi connectivity index (χ1v) is 9.75. The van der Waals surface area contributed by atoms with Gasteiger partial charge in [-0.3, -0.25) is 9.67 Å². The van der Waals surface area contributed by atoms with Gasteiger partial charge in [0, 0.05) is 46.7 Å². The Morgan fingerprint density at radius 3 is 2.64 bits per heavy atom. The van der Waals surface area contributed by atoms with Gasteiger partial charge in [0.25, 0.3) is 0 Å². The monoisotopic (exact) mass is 390 g/mol. The molecule has 4 rings (SSSR count). The number of halogens is 2. The van der Waals surface area contributed by atoms with E-state index in [1.165, 1.54) is 0 Å².